The second kappa shape index (κ2) is 6.86. The van der Waals surface area contributed by atoms with Crippen LogP contribution in [0.1, 0.15) is 25.8 Å². The van der Waals surface area contributed by atoms with Crippen LogP contribution in [0.4, 0.5) is 0 Å². The highest BCUT2D eigenvalue weighted by Crippen LogP contribution is 2.13. The lowest BCUT2D eigenvalue weighted by Gasteiger charge is -2.10. The van der Waals surface area contributed by atoms with Crippen molar-refractivity contribution in [2.45, 2.75) is 32.9 Å². The Morgan fingerprint density at radius 3 is 2.56 bits per heavy atom. The van der Waals surface area contributed by atoms with E-state index in [9.17, 15) is 0 Å². The molecule has 3 heteroatoms. The normalized spacial score (nSPS) is 10.1. The fourth-order valence-corrected chi connectivity index (χ4v) is 1.34. The lowest BCUT2D eigenvalue weighted by molar-refractivity contribution is 0.242. The Kier molecular flexibility index (Phi) is 5.38. The first-order valence-corrected chi connectivity index (χ1v) is 5.55. The van der Waals surface area contributed by atoms with E-state index < -0.39 is 0 Å². The van der Waals surface area contributed by atoms with E-state index in [1.54, 1.807) is 0 Å². The molecule has 0 aliphatic rings. The van der Waals surface area contributed by atoms with E-state index in [1.165, 1.54) is 5.56 Å². The van der Waals surface area contributed by atoms with Crippen LogP contribution in [0.25, 0.3) is 0 Å². The van der Waals surface area contributed by atoms with E-state index in [-0.39, 0.29) is 6.10 Å². The van der Waals surface area contributed by atoms with Crippen LogP contribution in [0.15, 0.2) is 24.3 Å². The van der Waals surface area contributed by atoms with E-state index in [1.807, 2.05) is 38.1 Å². The second-order valence-corrected chi connectivity index (χ2v) is 3.90. The van der Waals surface area contributed by atoms with E-state index in [2.05, 4.69) is 11.4 Å². The molecule has 0 fully saturated rings. The Balaban J connectivity index is 2.37. The zero-order chi connectivity index (χ0) is 11.8. The largest absolute Gasteiger partial charge is 0.491 e. The van der Waals surface area contributed by atoms with Gasteiger partial charge in [-0.15, -0.1) is 0 Å². The third-order valence-electron chi connectivity index (χ3n) is 2.04. The third-order valence-corrected chi connectivity index (χ3v) is 2.04. The number of hydrogen-bond acceptors (Lipinski definition) is 3. The molecule has 0 saturated heterocycles. The van der Waals surface area contributed by atoms with Crippen molar-refractivity contribution in [3.8, 4) is 11.8 Å². The first-order valence-electron chi connectivity index (χ1n) is 5.55. The summed E-state index contributed by atoms with van der Waals surface area (Å²) in [6, 6.07) is 10.1. The predicted octanol–water partition coefficient (Wildman–Crippen LogP) is 2.48. The van der Waals surface area contributed by atoms with Crippen LogP contribution in [-0.2, 0) is 6.54 Å². The number of nitriles is 1. The highest BCUT2D eigenvalue weighted by atomic mass is 16.5. The molecule has 0 unspecified atom stereocenters. The maximum Gasteiger partial charge on any atom is 0.119 e. The highest BCUT2D eigenvalue weighted by Gasteiger charge is 1.97. The maximum absolute atomic E-state index is 8.38. The fraction of sp³-hybridized carbons (Fsp3) is 0.462. The summed E-state index contributed by atoms with van der Waals surface area (Å²) in [7, 11) is 0. The van der Waals surface area contributed by atoms with Gasteiger partial charge in [0.2, 0.25) is 0 Å². The van der Waals surface area contributed by atoms with E-state index in [0.29, 0.717) is 6.42 Å². The molecular weight excluding hydrogens is 200 g/mol. The van der Waals surface area contributed by atoms with E-state index in [4.69, 9.17) is 10.00 Å². The lowest BCUT2D eigenvalue weighted by Crippen LogP contribution is -2.14. The number of benzene rings is 1. The highest BCUT2D eigenvalue weighted by molar-refractivity contribution is 5.27. The van der Waals surface area contributed by atoms with Gasteiger partial charge < -0.3 is 10.1 Å². The van der Waals surface area contributed by atoms with Gasteiger partial charge >= 0.3 is 0 Å². The lowest BCUT2D eigenvalue weighted by atomic mass is 10.2. The van der Waals surface area contributed by atoms with Crippen LogP contribution in [-0.4, -0.2) is 12.6 Å². The van der Waals surface area contributed by atoms with Gasteiger partial charge in [0, 0.05) is 19.5 Å². The monoisotopic (exact) mass is 218 g/mol. The molecule has 1 aromatic carbocycles. The molecule has 0 bridgehead atoms. The summed E-state index contributed by atoms with van der Waals surface area (Å²) in [5.41, 5.74) is 1.20. The molecule has 0 amide bonds. The molecule has 0 atom stereocenters. The third kappa shape index (κ3) is 4.81. The number of hydrogen-bond donors (Lipinski definition) is 1. The number of ether oxygens (including phenoxy) is 1. The summed E-state index contributed by atoms with van der Waals surface area (Å²) in [5.74, 6) is 0.899. The fourth-order valence-electron chi connectivity index (χ4n) is 1.34. The number of nitrogens with one attached hydrogen (secondary N) is 1. The van der Waals surface area contributed by atoms with Crippen molar-refractivity contribution in [3.63, 3.8) is 0 Å². The first-order chi connectivity index (χ1) is 7.72. The van der Waals surface area contributed by atoms with Crippen molar-refractivity contribution >= 4 is 0 Å². The first kappa shape index (κ1) is 12.5. The Morgan fingerprint density at radius 2 is 2.00 bits per heavy atom. The van der Waals surface area contributed by atoms with Crippen LogP contribution in [0.3, 0.4) is 0 Å². The maximum atomic E-state index is 8.38. The van der Waals surface area contributed by atoms with Crippen LogP contribution < -0.4 is 10.1 Å². The summed E-state index contributed by atoms with van der Waals surface area (Å²) in [5, 5.41) is 11.6. The Labute approximate surface area is 97.0 Å². The molecule has 0 radical (unpaired) electrons. The molecule has 0 saturated carbocycles. The van der Waals surface area contributed by atoms with Gasteiger partial charge in [-0.05, 0) is 31.5 Å². The minimum absolute atomic E-state index is 0.208. The summed E-state index contributed by atoms with van der Waals surface area (Å²) in [6.45, 7) is 5.55. The van der Waals surface area contributed by atoms with Crippen molar-refractivity contribution in [3.05, 3.63) is 29.8 Å². The SMILES string of the molecule is CC(C)Oc1ccc(CNCCC#N)cc1. The molecule has 3 nitrogen and oxygen atoms in total. The second-order valence-electron chi connectivity index (χ2n) is 3.90. The molecule has 0 aliphatic heterocycles. The molecular formula is C13H18N2O. The minimum Gasteiger partial charge on any atom is -0.491 e. The summed E-state index contributed by atoms with van der Waals surface area (Å²) in [6.07, 6.45) is 0.758. The van der Waals surface area contributed by atoms with Crippen LogP contribution in [0.5, 0.6) is 5.75 Å². The minimum atomic E-state index is 0.208. The van der Waals surface area contributed by atoms with Gasteiger partial charge in [-0.25, -0.2) is 0 Å². The molecule has 16 heavy (non-hydrogen) atoms. The molecule has 86 valence electrons. The molecule has 1 aromatic rings. The van der Waals surface area contributed by atoms with E-state index in [0.717, 1.165) is 18.8 Å². The van der Waals surface area contributed by atoms with Crippen LogP contribution >= 0.6 is 0 Å². The van der Waals surface area contributed by atoms with Crippen molar-refractivity contribution in [1.82, 2.24) is 5.32 Å². The van der Waals surface area contributed by atoms with Gasteiger partial charge in [0.25, 0.3) is 0 Å². The quantitative estimate of drug-likeness (QED) is 0.746. The average Bonchev–Trinajstić information content (AvgIpc) is 2.26. The van der Waals surface area contributed by atoms with Gasteiger partial charge in [0.1, 0.15) is 5.75 Å². The molecule has 0 heterocycles. The number of nitrogens with zero attached hydrogens (tertiary/aromatic N) is 1. The molecule has 0 aliphatic carbocycles. The molecule has 1 N–H and O–H groups in total. The topological polar surface area (TPSA) is 45.0 Å². The van der Waals surface area contributed by atoms with Crippen molar-refractivity contribution in [2.75, 3.05) is 6.54 Å². The van der Waals surface area contributed by atoms with Crippen molar-refractivity contribution < 1.29 is 4.74 Å². The molecule has 0 spiro atoms. The Bertz CT molecular complexity index is 338. The van der Waals surface area contributed by atoms with Crippen molar-refractivity contribution in [1.29, 1.82) is 5.26 Å². The van der Waals surface area contributed by atoms with Crippen LogP contribution in [0, 0.1) is 11.3 Å². The van der Waals surface area contributed by atoms with Gasteiger partial charge in [-0.3, -0.25) is 0 Å². The van der Waals surface area contributed by atoms with Gasteiger partial charge in [0.05, 0.1) is 12.2 Å². The van der Waals surface area contributed by atoms with Gasteiger partial charge in [-0.2, -0.15) is 5.26 Å². The van der Waals surface area contributed by atoms with Crippen LogP contribution in [0.2, 0.25) is 0 Å². The summed E-state index contributed by atoms with van der Waals surface area (Å²) < 4.78 is 5.55. The zero-order valence-electron chi connectivity index (χ0n) is 9.86. The molecule has 0 aromatic heterocycles. The van der Waals surface area contributed by atoms with Gasteiger partial charge in [0.15, 0.2) is 0 Å². The predicted molar refractivity (Wildman–Crippen MR) is 64.1 cm³/mol. The zero-order valence-corrected chi connectivity index (χ0v) is 9.86. The number of rotatable bonds is 6. The smallest absolute Gasteiger partial charge is 0.119 e. The van der Waals surface area contributed by atoms with Crippen molar-refractivity contribution in [2.24, 2.45) is 0 Å². The summed E-state index contributed by atoms with van der Waals surface area (Å²) in [4.78, 5) is 0. The standard InChI is InChI=1S/C13H18N2O/c1-11(2)16-13-6-4-12(5-7-13)10-15-9-3-8-14/h4-7,11,15H,3,9-10H2,1-2H3. The average molecular weight is 218 g/mol. The summed E-state index contributed by atoms with van der Waals surface area (Å²) >= 11 is 0. The Hall–Kier alpha value is -1.53. The van der Waals surface area contributed by atoms with E-state index >= 15 is 0 Å². The van der Waals surface area contributed by atoms with Gasteiger partial charge in [-0.1, -0.05) is 12.1 Å². The molecule has 1 rings (SSSR count). The Morgan fingerprint density at radius 1 is 1.31 bits per heavy atom.